The third kappa shape index (κ3) is 6.43. The van der Waals surface area contributed by atoms with Crippen molar-refractivity contribution in [2.24, 2.45) is 0 Å². The van der Waals surface area contributed by atoms with Crippen molar-refractivity contribution < 1.29 is 26.7 Å². The molecule has 0 radical (unpaired) electrons. The highest BCUT2D eigenvalue weighted by Gasteiger charge is 2.48. The Morgan fingerprint density at radius 1 is 1.02 bits per heavy atom. The van der Waals surface area contributed by atoms with Crippen molar-refractivity contribution in [1.82, 2.24) is 19.4 Å². The Hall–Kier alpha value is -3.59. The molecule has 3 aliphatic heterocycles. The van der Waals surface area contributed by atoms with Gasteiger partial charge in [-0.2, -0.15) is 9.40 Å². The largest absolute Gasteiger partial charge is 0.387 e. The number of fused-ring (bicyclic) bond motifs is 1. The molecule has 1 aromatic heterocycles. The lowest BCUT2D eigenvalue weighted by Gasteiger charge is -2.30. The Kier molecular flexibility index (Phi) is 9.25. The molecule has 0 bridgehead atoms. The van der Waals surface area contributed by atoms with E-state index in [2.05, 4.69) is 37.7 Å². The second-order valence-corrected chi connectivity index (χ2v) is 13.5. The highest BCUT2D eigenvalue weighted by Crippen LogP contribution is 2.44. The van der Waals surface area contributed by atoms with Gasteiger partial charge in [-0.05, 0) is 77.2 Å². The van der Waals surface area contributed by atoms with Crippen molar-refractivity contribution in [2.75, 3.05) is 69.0 Å². The van der Waals surface area contributed by atoms with Gasteiger partial charge in [0.2, 0.25) is 10.0 Å². The Morgan fingerprint density at radius 3 is 2.27 bits per heavy atom. The lowest BCUT2D eigenvalue weighted by Crippen LogP contribution is -2.40. The minimum Gasteiger partial charge on any atom is -0.387 e. The fourth-order valence-electron chi connectivity index (χ4n) is 5.79. The second-order valence-electron chi connectivity index (χ2n) is 11.6. The molecule has 4 heterocycles. The van der Waals surface area contributed by atoms with Crippen LogP contribution in [-0.4, -0.2) is 87.2 Å². The molecule has 0 atom stereocenters. The van der Waals surface area contributed by atoms with Crippen LogP contribution in [0, 0.1) is 11.6 Å². The van der Waals surface area contributed by atoms with Gasteiger partial charge >= 0.3 is 0 Å². The SMILES string of the molecule is CN1CCCC1.CNc1cc(N2CCOCC2)ccc1C(=O)Nc1n[nH]c2c1CN(S(=O)(=O)c1cc(F)cc(F)c1)C2(C)C. The van der Waals surface area contributed by atoms with Crippen molar-refractivity contribution in [3.63, 3.8) is 0 Å². The van der Waals surface area contributed by atoms with Crippen molar-refractivity contribution >= 4 is 33.1 Å². The predicted molar refractivity (Wildman–Crippen MR) is 164 cm³/mol. The fourth-order valence-corrected chi connectivity index (χ4v) is 7.56. The van der Waals surface area contributed by atoms with Gasteiger partial charge in [-0.3, -0.25) is 9.89 Å². The number of nitrogens with zero attached hydrogens (tertiary/aromatic N) is 4. The molecule has 2 saturated heterocycles. The first-order valence-electron chi connectivity index (χ1n) is 14.6. The van der Waals surface area contributed by atoms with Crippen LogP contribution in [-0.2, 0) is 26.8 Å². The van der Waals surface area contributed by atoms with Crippen LogP contribution in [0.5, 0.6) is 0 Å². The maximum absolute atomic E-state index is 13.8. The first-order valence-corrected chi connectivity index (χ1v) is 16.1. The quantitative estimate of drug-likeness (QED) is 0.374. The van der Waals surface area contributed by atoms with Crippen molar-refractivity contribution in [3.05, 3.63) is 64.9 Å². The van der Waals surface area contributed by atoms with E-state index in [0.717, 1.165) is 35.2 Å². The second kappa shape index (κ2) is 12.8. The summed E-state index contributed by atoms with van der Waals surface area (Å²) in [6.45, 7) is 8.58. The molecule has 3 aliphatic rings. The molecule has 2 fully saturated rings. The number of carbonyl (C=O) groups excluding carboxylic acids is 1. The molecule has 44 heavy (non-hydrogen) atoms. The molecular weight excluding hydrogens is 592 g/mol. The number of aromatic amines is 1. The standard InChI is InChI=1S/C25H28F2N6O4S.C5H11N/c1-25(2)22-20(14-33(25)38(35,36)18-11-15(26)10-16(27)12-18)23(31-30-22)29-24(34)19-5-4-17(13-21(19)28-3)32-6-8-37-9-7-32;1-6-4-2-3-5-6/h4-5,10-13,28H,6-9,14H2,1-3H3,(H2,29,30,31,34);2-5H2,1H3. The number of rotatable bonds is 6. The number of morpholine rings is 1. The van der Waals surface area contributed by atoms with E-state index < -0.39 is 38.0 Å². The Labute approximate surface area is 256 Å². The molecule has 3 aromatic rings. The number of aromatic nitrogens is 2. The van der Waals surface area contributed by atoms with Gasteiger partial charge < -0.3 is 25.2 Å². The number of ether oxygens (including phenoxy) is 1. The Morgan fingerprint density at radius 2 is 1.68 bits per heavy atom. The van der Waals surface area contributed by atoms with Crippen LogP contribution in [0.2, 0.25) is 0 Å². The summed E-state index contributed by atoms with van der Waals surface area (Å²) in [5.41, 5.74) is 1.80. The number of anilines is 3. The molecule has 14 heteroatoms. The molecule has 3 N–H and O–H groups in total. The highest BCUT2D eigenvalue weighted by atomic mass is 32.2. The van der Waals surface area contributed by atoms with E-state index in [0.29, 0.717) is 41.8 Å². The van der Waals surface area contributed by atoms with E-state index in [1.165, 1.54) is 25.9 Å². The summed E-state index contributed by atoms with van der Waals surface area (Å²) in [7, 11) is -0.385. The van der Waals surface area contributed by atoms with Crippen LogP contribution in [0.1, 0.15) is 48.3 Å². The minimum absolute atomic E-state index is 0.149. The zero-order chi connectivity index (χ0) is 31.6. The summed E-state index contributed by atoms with van der Waals surface area (Å²) in [6.07, 6.45) is 2.83. The van der Waals surface area contributed by atoms with Crippen LogP contribution in [0.4, 0.5) is 26.0 Å². The lowest BCUT2D eigenvalue weighted by molar-refractivity contribution is 0.102. The van der Waals surface area contributed by atoms with E-state index in [1.807, 2.05) is 12.1 Å². The van der Waals surface area contributed by atoms with Crippen LogP contribution in [0.15, 0.2) is 41.3 Å². The van der Waals surface area contributed by atoms with E-state index in [-0.39, 0.29) is 12.4 Å². The van der Waals surface area contributed by atoms with Gasteiger partial charge in [0.05, 0.1) is 34.9 Å². The number of benzene rings is 2. The van der Waals surface area contributed by atoms with Crippen LogP contribution in [0.25, 0.3) is 0 Å². The molecule has 0 unspecified atom stereocenters. The fraction of sp³-hybridized carbons (Fsp3) is 0.467. The normalized spacial score (nSPS) is 18.5. The summed E-state index contributed by atoms with van der Waals surface area (Å²) in [6, 6.07) is 7.65. The molecule has 0 saturated carbocycles. The molecule has 6 rings (SSSR count). The molecule has 0 spiro atoms. The summed E-state index contributed by atoms with van der Waals surface area (Å²) in [4.78, 5) is 17.3. The number of hydrogen-bond acceptors (Lipinski definition) is 8. The minimum atomic E-state index is -4.28. The van der Waals surface area contributed by atoms with Crippen molar-refractivity contribution in [3.8, 4) is 0 Å². The molecule has 0 aliphatic carbocycles. The molecule has 238 valence electrons. The summed E-state index contributed by atoms with van der Waals surface area (Å²) < 4.78 is 60.9. The van der Waals surface area contributed by atoms with Gasteiger partial charge in [0, 0.05) is 49.7 Å². The predicted octanol–water partition coefficient (Wildman–Crippen LogP) is 3.97. The summed E-state index contributed by atoms with van der Waals surface area (Å²) in [5.74, 6) is -2.23. The monoisotopic (exact) mass is 631 g/mol. The zero-order valence-corrected chi connectivity index (χ0v) is 26.2. The maximum atomic E-state index is 13.8. The molecular formula is C30H39F2N7O4S. The van der Waals surface area contributed by atoms with Gasteiger partial charge in [0.25, 0.3) is 5.91 Å². The zero-order valence-electron chi connectivity index (χ0n) is 25.4. The maximum Gasteiger partial charge on any atom is 0.258 e. The van der Waals surface area contributed by atoms with Crippen LogP contribution >= 0.6 is 0 Å². The number of likely N-dealkylation sites (tertiary alicyclic amines) is 1. The van der Waals surface area contributed by atoms with Crippen molar-refractivity contribution in [1.29, 1.82) is 0 Å². The number of halogens is 2. The number of amides is 1. The summed E-state index contributed by atoms with van der Waals surface area (Å²) in [5, 5.41) is 12.9. The van der Waals surface area contributed by atoms with Gasteiger partial charge in [-0.1, -0.05) is 0 Å². The first-order chi connectivity index (χ1) is 20.9. The number of sulfonamides is 1. The van der Waals surface area contributed by atoms with Crippen LogP contribution < -0.4 is 15.5 Å². The number of hydrogen-bond donors (Lipinski definition) is 3. The number of carbonyl (C=O) groups is 1. The Bertz CT molecular complexity index is 1600. The van der Waals surface area contributed by atoms with Crippen LogP contribution in [0.3, 0.4) is 0 Å². The van der Waals surface area contributed by atoms with Crippen molar-refractivity contribution in [2.45, 2.75) is 43.7 Å². The first kappa shape index (κ1) is 31.8. The lowest BCUT2D eigenvalue weighted by atomic mass is 10.0. The van der Waals surface area contributed by atoms with E-state index in [4.69, 9.17) is 4.74 Å². The molecule has 11 nitrogen and oxygen atoms in total. The average molecular weight is 632 g/mol. The molecule has 2 aromatic carbocycles. The average Bonchev–Trinajstić information content (AvgIpc) is 3.70. The third-order valence-electron chi connectivity index (χ3n) is 8.28. The van der Waals surface area contributed by atoms with Gasteiger partial charge in [-0.15, -0.1) is 0 Å². The van der Waals surface area contributed by atoms with Gasteiger partial charge in [0.15, 0.2) is 5.82 Å². The highest BCUT2D eigenvalue weighted by molar-refractivity contribution is 7.89. The van der Waals surface area contributed by atoms with Gasteiger partial charge in [0.1, 0.15) is 11.6 Å². The topological polar surface area (TPSA) is 123 Å². The third-order valence-corrected chi connectivity index (χ3v) is 10.3. The molecule has 1 amide bonds. The number of nitrogens with one attached hydrogen (secondary N) is 3. The van der Waals surface area contributed by atoms with E-state index in [9.17, 15) is 22.0 Å². The van der Waals surface area contributed by atoms with E-state index in [1.54, 1.807) is 27.0 Å². The van der Waals surface area contributed by atoms with Gasteiger partial charge in [-0.25, -0.2) is 17.2 Å². The smallest absolute Gasteiger partial charge is 0.258 e. The Balaban J connectivity index is 0.000000573. The number of H-pyrrole nitrogens is 1. The van der Waals surface area contributed by atoms with E-state index >= 15 is 0 Å². The summed E-state index contributed by atoms with van der Waals surface area (Å²) >= 11 is 0.